The first-order valence-corrected chi connectivity index (χ1v) is 8.06. The molecule has 0 atom stereocenters. The van der Waals surface area contributed by atoms with Crippen LogP contribution in [0, 0.1) is 0 Å². The first kappa shape index (κ1) is 15.8. The van der Waals surface area contributed by atoms with E-state index in [2.05, 4.69) is 54.7 Å². The minimum absolute atomic E-state index is 0.120. The average Bonchev–Trinajstić information content (AvgIpc) is 2.90. The molecule has 2 aromatic rings. The van der Waals surface area contributed by atoms with Gasteiger partial charge < -0.3 is 10.1 Å². The average molecular weight is 305 g/mol. The predicted octanol–water partition coefficient (Wildman–Crippen LogP) is 4.24. The molecule has 0 spiro atoms. The van der Waals surface area contributed by atoms with Crippen molar-refractivity contribution in [1.82, 2.24) is 9.59 Å². The Balaban J connectivity index is 2.02. The van der Waals surface area contributed by atoms with E-state index in [1.807, 2.05) is 12.1 Å². The molecule has 5 heteroatoms. The van der Waals surface area contributed by atoms with Crippen LogP contribution < -0.4 is 10.1 Å². The van der Waals surface area contributed by atoms with Crippen molar-refractivity contribution in [2.45, 2.75) is 46.1 Å². The van der Waals surface area contributed by atoms with E-state index in [0.29, 0.717) is 6.61 Å². The maximum Gasteiger partial charge on any atom is 0.136 e. The van der Waals surface area contributed by atoms with Gasteiger partial charge in [-0.05, 0) is 29.5 Å². The van der Waals surface area contributed by atoms with Crippen molar-refractivity contribution >= 4 is 16.5 Å². The van der Waals surface area contributed by atoms with Crippen LogP contribution in [0.15, 0.2) is 24.3 Å². The predicted molar refractivity (Wildman–Crippen MR) is 88.2 cm³/mol. The Labute approximate surface area is 130 Å². The van der Waals surface area contributed by atoms with Crippen LogP contribution >= 0.6 is 11.5 Å². The summed E-state index contributed by atoms with van der Waals surface area (Å²) in [6, 6.07) is 8.24. The molecule has 0 saturated carbocycles. The van der Waals surface area contributed by atoms with Crippen LogP contribution in [0.3, 0.4) is 0 Å². The molecule has 21 heavy (non-hydrogen) atoms. The highest BCUT2D eigenvalue weighted by Gasteiger charge is 2.14. The lowest BCUT2D eigenvalue weighted by molar-refractivity contribution is 0.301. The number of ether oxygens (including phenoxy) is 1. The fraction of sp³-hybridized carbons (Fsp3) is 0.500. The number of nitrogens with one attached hydrogen (secondary N) is 1. The lowest BCUT2D eigenvalue weighted by Gasteiger charge is -2.19. The molecule has 0 saturated heterocycles. The molecule has 1 aromatic carbocycles. The third-order valence-electron chi connectivity index (χ3n) is 3.17. The second-order valence-electron chi connectivity index (χ2n) is 6.04. The molecular weight excluding hydrogens is 282 g/mol. The molecule has 1 aromatic heterocycles. The number of rotatable bonds is 6. The van der Waals surface area contributed by atoms with Crippen molar-refractivity contribution in [3.63, 3.8) is 0 Å². The van der Waals surface area contributed by atoms with Crippen LogP contribution in [-0.4, -0.2) is 16.1 Å². The second kappa shape index (κ2) is 6.89. The highest BCUT2D eigenvalue weighted by molar-refractivity contribution is 7.10. The summed E-state index contributed by atoms with van der Waals surface area (Å²) in [5, 5.41) is 8.47. The van der Waals surface area contributed by atoms with E-state index in [4.69, 9.17) is 4.74 Å². The van der Waals surface area contributed by atoms with Crippen molar-refractivity contribution < 1.29 is 4.74 Å². The summed E-state index contributed by atoms with van der Waals surface area (Å²) >= 11 is 1.38. The number of benzene rings is 1. The molecule has 4 nitrogen and oxygen atoms in total. The molecule has 0 aliphatic heterocycles. The highest BCUT2D eigenvalue weighted by atomic mass is 32.1. The smallest absolute Gasteiger partial charge is 0.136 e. The van der Waals surface area contributed by atoms with Gasteiger partial charge in [-0.1, -0.05) is 44.3 Å². The maximum atomic E-state index is 5.87. The van der Waals surface area contributed by atoms with Gasteiger partial charge in [0, 0.05) is 18.1 Å². The van der Waals surface area contributed by atoms with Crippen LogP contribution in [0.4, 0.5) is 5.00 Å². The first-order valence-electron chi connectivity index (χ1n) is 7.29. The van der Waals surface area contributed by atoms with Crippen molar-refractivity contribution in [3.8, 4) is 5.75 Å². The summed E-state index contributed by atoms with van der Waals surface area (Å²) in [4.78, 5) is 0. The second-order valence-corrected chi connectivity index (χ2v) is 6.80. The Morgan fingerprint density at radius 2 is 2.10 bits per heavy atom. The molecule has 0 aliphatic rings. The van der Waals surface area contributed by atoms with E-state index in [0.717, 1.165) is 29.4 Å². The quantitative estimate of drug-likeness (QED) is 0.867. The monoisotopic (exact) mass is 305 g/mol. The van der Waals surface area contributed by atoms with Crippen LogP contribution in [-0.2, 0) is 12.0 Å². The lowest BCUT2D eigenvalue weighted by atomic mass is 9.87. The van der Waals surface area contributed by atoms with Crippen LogP contribution in [0.2, 0.25) is 0 Å². The van der Waals surface area contributed by atoms with Gasteiger partial charge in [-0.2, -0.15) is 0 Å². The zero-order valence-electron chi connectivity index (χ0n) is 13.1. The summed E-state index contributed by atoms with van der Waals surface area (Å²) in [6.45, 7) is 10.1. The molecule has 0 unspecified atom stereocenters. The number of anilines is 1. The molecule has 1 N–H and O–H groups in total. The van der Waals surface area contributed by atoms with Crippen molar-refractivity contribution in [2.75, 3.05) is 11.9 Å². The number of hydrogen-bond donors (Lipinski definition) is 1. The molecule has 1 heterocycles. The Hall–Kier alpha value is -1.62. The number of nitrogens with zero attached hydrogens (tertiary/aromatic N) is 2. The Morgan fingerprint density at radius 1 is 1.29 bits per heavy atom. The topological polar surface area (TPSA) is 47.0 Å². The fourth-order valence-electron chi connectivity index (χ4n) is 1.88. The fourth-order valence-corrected chi connectivity index (χ4v) is 2.47. The highest BCUT2D eigenvalue weighted by Crippen LogP contribution is 2.26. The first-order chi connectivity index (χ1) is 10.0. The third kappa shape index (κ3) is 4.43. The Kier molecular flexibility index (Phi) is 5.17. The van der Waals surface area contributed by atoms with Gasteiger partial charge >= 0.3 is 0 Å². The molecule has 114 valence electrons. The van der Waals surface area contributed by atoms with Gasteiger partial charge in [0.1, 0.15) is 23.1 Å². The van der Waals surface area contributed by atoms with Gasteiger partial charge in [0.05, 0.1) is 0 Å². The lowest BCUT2D eigenvalue weighted by Crippen LogP contribution is -2.11. The van der Waals surface area contributed by atoms with E-state index >= 15 is 0 Å². The Morgan fingerprint density at radius 3 is 2.81 bits per heavy atom. The zero-order chi connectivity index (χ0) is 15.3. The summed E-state index contributed by atoms with van der Waals surface area (Å²) in [6.07, 6.45) is 1.08. The standard InChI is InChI=1S/C16H23N3OS/c1-5-9-17-15-14(18-19-21-15)11-20-13-8-6-7-12(10-13)16(2,3)4/h6-8,10,17H,5,9,11H2,1-4H3. The molecule has 0 fully saturated rings. The maximum absolute atomic E-state index is 5.87. The van der Waals surface area contributed by atoms with Gasteiger partial charge in [-0.15, -0.1) is 5.10 Å². The van der Waals surface area contributed by atoms with E-state index < -0.39 is 0 Å². The van der Waals surface area contributed by atoms with E-state index in [1.54, 1.807) is 0 Å². The Bertz CT molecular complexity index is 575. The molecule has 2 rings (SSSR count). The summed E-state index contributed by atoms with van der Waals surface area (Å²) < 4.78 is 9.86. The van der Waals surface area contributed by atoms with Gasteiger partial charge in [0.25, 0.3) is 0 Å². The van der Waals surface area contributed by atoms with E-state index in [9.17, 15) is 0 Å². The van der Waals surface area contributed by atoms with Gasteiger partial charge in [0.15, 0.2) is 0 Å². The summed E-state index contributed by atoms with van der Waals surface area (Å²) in [5.41, 5.74) is 2.26. The van der Waals surface area contributed by atoms with Crippen molar-refractivity contribution in [3.05, 3.63) is 35.5 Å². The van der Waals surface area contributed by atoms with E-state index in [-0.39, 0.29) is 5.41 Å². The van der Waals surface area contributed by atoms with Crippen LogP contribution in [0.5, 0.6) is 5.75 Å². The van der Waals surface area contributed by atoms with Crippen molar-refractivity contribution in [1.29, 1.82) is 0 Å². The van der Waals surface area contributed by atoms with Gasteiger partial charge in [0.2, 0.25) is 0 Å². The molecule has 0 amide bonds. The van der Waals surface area contributed by atoms with Crippen LogP contribution in [0.1, 0.15) is 45.4 Å². The minimum Gasteiger partial charge on any atom is -0.487 e. The van der Waals surface area contributed by atoms with Gasteiger partial charge in [-0.25, -0.2) is 0 Å². The van der Waals surface area contributed by atoms with E-state index in [1.165, 1.54) is 17.1 Å². The summed E-state index contributed by atoms with van der Waals surface area (Å²) in [5.74, 6) is 0.872. The molecule has 0 aliphatic carbocycles. The van der Waals surface area contributed by atoms with Gasteiger partial charge in [-0.3, -0.25) is 0 Å². The third-order valence-corrected chi connectivity index (χ3v) is 3.89. The molecular formula is C16H23N3OS. The number of aromatic nitrogens is 2. The largest absolute Gasteiger partial charge is 0.487 e. The van der Waals surface area contributed by atoms with Crippen LogP contribution in [0.25, 0.3) is 0 Å². The minimum atomic E-state index is 0.120. The zero-order valence-corrected chi connectivity index (χ0v) is 14.0. The number of hydrogen-bond acceptors (Lipinski definition) is 5. The summed E-state index contributed by atoms with van der Waals surface area (Å²) in [7, 11) is 0. The SMILES string of the molecule is CCCNc1snnc1COc1cccc(C(C)(C)C)c1. The molecule has 0 radical (unpaired) electrons. The van der Waals surface area contributed by atoms with Crippen molar-refractivity contribution in [2.24, 2.45) is 0 Å². The molecule has 0 bridgehead atoms. The normalized spacial score (nSPS) is 11.4.